The van der Waals surface area contributed by atoms with Crippen molar-refractivity contribution < 1.29 is 0 Å². The second-order valence-electron chi connectivity index (χ2n) is 4.76. The van der Waals surface area contributed by atoms with Gasteiger partial charge in [-0.05, 0) is 18.6 Å². The molecule has 2 heterocycles. The lowest BCUT2D eigenvalue weighted by Gasteiger charge is -2.31. The zero-order valence-electron chi connectivity index (χ0n) is 11.6. The highest BCUT2D eigenvalue weighted by Crippen LogP contribution is 2.29. The molecule has 0 unspecified atom stereocenters. The first-order valence-corrected chi connectivity index (χ1v) is 6.83. The maximum atomic E-state index is 4.39. The predicted octanol–water partition coefficient (Wildman–Crippen LogP) is 2.54. The van der Waals surface area contributed by atoms with Crippen LogP contribution in [0.3, 0.4) is 0 Å². The Morgan fingerprint density at radius 2 is 2.15 bits per heavy atom. The van der Waals surface area contributed by atoms with Crippen LogP contribution in [-0.4, -0.2) is 27.9 Å². The van der Waals surface area contributed by atoms with Gasteiger partial charge in [-0.25, -0.2) is 9.67 Å². The Hall–Kier alpha value is -1.75. The molecule has 5 nitrogen and oxygen atoms in total. The number of nitrogens with one attached hydrogen (secondary N) is 1. The monoisotopic (exact) mass is 293 g/mol. The Morgan fingerprint density at radius 3 is 3.00 bits per heavy atom. The molecule has 108 valence electrons. The zero-order valence-corrected chi connectivity index (χ0v) is 12.4. The van der Waals surface area contributed by atoms with Crippen molar-refractivity contribution in [3.05, 3.63) is 36.4 Å². The van der Waals surface area contributed by atoms with Gasteiger partial charge in [-0.2, -0.15) is 5.10 Å². The molecule has 20 heavy (non-hydrogen) atoms. The van der Waals surface area contributed by atoms with E-state index in [1.54, 1.807) is 6.33 Å². The van der Waals surface area contributed by atoms with Crippen LogP contribution in [0, 0.1) is 0 Å². The lowest BCUT2D eigenvalue weighted by Crippen LogP contribution is -2.34. The first-order chi connectivity index (χ1) is 9.38. The highest BCUT2D eigenvalue weighted by molar-refractivity contribution is 5.85. The first-order valence-electron chi connectivity index (χ1n) is 6.83. The van der Waals surface area contributed by atoms with Gasteiger partial charge < -0.3 is 10.2 Å². The fourth-order valence-electron chi connectivity index (χ4n) is 2.49. The lowest BCUT2D eigenvalue weighted by molar-refractivity contribution is 0.561. The van der Waals surface area contributed by atoms with Gasteiger partial charge in [0, 0.05) is 19.6 Å². The fraction of sp³-hybridized carbons (Fsp3) is 0.429. The molecule has 0 aliphatic carbocycles. The third kappa shape index (κ3) is 2.88. The fourth-order valence-corrected chi connectivity index (χ4v) is 2.49. The number of aromatic nitrogens is 3. The second kappa shape index (κ2) is 6.61. The van der Waals surface area contributed by atoms with E-state index < -0.39 is 0 Å². The topological polar surface area (TPSA) is 46.0 Å². The van der Waals surface area contributed by atoms with E-state index in [1.807, 2.05) is 4.68 Å². The Bertz CT molecular complexity index is 554. The average Bonchev–Trinajstić information content (AvgIpc) is 2.87. The molecule has 0 amide bonds. The van der Waals surface area contributed by atoms with Gasteiger partial charge in [0.2, 0.25) is 0 Å². The summed E-state index contributed by atoms with van der Waals surface area (Å²) in [5.74, 6) is 1.04. The van der Waals surface area contributed by atoms with Gasteiger partial charge in [0.05, 0.1) is 17.9 Å². The molecular formula is C14H20ClN5. The largest absolute Gasteiger partial charge is 0.382 e. The highest BCUT2D eigenvalue weighted by Gasteiger charge is 2.17. The zero-order chi connectivity index (χ0) is 13.1. The number of aryl methyl sites for hydroxylation is 1. The van der Waals surface area contributed by atoms with Gasteiger partial charge >= 0.3 is 0 Å². The summed E-state index contributed by atoms with van der Waals surface area (Å²) in [6.45, 7) is 5.88. The van der Waals surface area contributed by atoms with Gasteiger partial charge in [-0.1, -0.05) is 19.1 Å². The van der Waals surface area contributed by atoms with Crippen LogP contribution >= 0.6 is 12.4 Å². The summed E-state index contributed by atoms with van der Waals surface area (Å²) in [7, 11) is 0. The molecule has 0 atom stereocenters. The SMILES string of the molecule is CCCn1ncnc1CN1CCNc2ccccc21.Cl. The van der Waals surface area contributed by atoms with Gasteiger partial charge in [0.25, 0.3) is 0 Å². The summed E-state index contributed by atoms with van der Waals surface area (Å²) < 4.78 is 2.00. The number of anilines is 2. The Balaban J connectivity index is 0.00000147. The number of hydrogen-bond donors (Lipinski definition) is 1. The summed E-state index contributed by atoms with van der Waals surface area (Å²) in [6, 6.07) is 8.42. The van der Waals surface area contributed by atoms with Crippen molar-refractivity contribution in [1.82, 2.24) is 14.8 Å². The number of halogens is 1. The minimum atomic E-state index is 0. The summed E-state index contributed by atoms with van der Waals surface area (Å²) in [5.41, 5.74) is 2.45. The van der Waals surface area contributed by atoms with Gasteiger partial charge in [0.15, 0.2) is 0 Å². The smallest absolute Gasteiger partial charge is 0.146 e. The molecule has 3 rings (SSSR count). The predicted molar refractivity (Wildman–Crippen MR) is 83.5 cm³/mol. The Morgan fingerprint density at radius 1 is 1.30 bits per heavy atom. The maximum Gasteiger partial charge on any atom is 0.146 e. The summed E-state index contributed by atoms with van der Waals surface area (Å²) in [6.07, 6.45) is 2.73. The van der Waals surface area contributed by atoms with Crippen LogP contribution in [0.4, 0.5) is 11.4 Å². The number of para-hydroxylation sites is 2. The number of rotatable bonds is 4. The molecule has 2 aromatic rings. The Kier molecular flexibility index (Phi) is 4.84. The van der Waals surface area contributed by atoms with Crippen molar-refractivity contribution in [2.45, 2.75) is 26.4 Å². The van der Waals surface area contributed by atoms with Crippen molar-refractivity contribution in [3.8, 4) is 0 Å². The van der Waals surface area contributed by atoms with E-state index in [-0.39, 0.29) is 12.4 Å². The molecule has 0 spiro atoms. The standard InChI is InChI=1S/C14H19N5.ClH/c1-2-8-19-14(16-11-17-19)10-18-9-7-15-12-5-3-4-6-13(12)18;/h3-6,11,15H,2,7-10H2,1H3;1H. The van der Waals surface area contributed by atoms with E-state index in [4.69, 9.17) is 0 Å². The highest BCUT2D eigenvalue weighted by atomic mass is 35.5. The first kappa shape index (κ1) is 14.7. The van der Waals surface area contributed by atoms with Crippen LogP contribution in [0.2, 0.25) is 0 Å². The van der Waals surface area contributed by atoms with E-state index in [2.05, 4.69) is 51.5 Å². The Labute approximate surface area is 125 Å². The van der Waals surface area contributed by atoms with Gasteiger partial charge in [-0.15, -0.1) is 12.4 Å². The molecule has 1 aromatic carbocycles. The van der Waals surface area contributed by atoms with Crippen LogP contribution in [0.25, 0.3) is 0 Å². The van der Waals surface area contributed by atoms with E-state index in [1.165, 1.54) is 11.4 Å². The molecule has 0 fully saturated rings. The lowest BCUT2D eigenvalue weighted by atomic mass is 10.2. The van der Waals surface area contributed by atoms with Crippen molar-refractivity contribution in [1.29, 1.82) is 0 Å². The molecule has 0 saturated heterocycles. The normalized spacial score (nSPS) is 13.3. The van der Waals surface area contributed by atoms with Crippen molar-refractivity contribution in [2.24, 2.45) is 0 Å². The minimum absolute atomic E-state index is 0. The molecule has 1 aromatic heterocycles. The summed E-state index contributed by atoms with van der Waals surface area (Å²) in [5, 5.41) is 7.72. The van der Waals surface area contributed by atoms with Crippen LogP contribution in [0.5, 0.6) is 0 Å². The van der Waals surface area contributed by atoms with Crippen LogP contribution < -0.4 is 10.2 Å². The van der Waals surface area contributed by atoms with Crippen LogP contribution in [0.1, 0.15) is 19.2 Å². The van der Waals surface area contributed by atoms with Crippen LogP contribution in [0.15, 0.2) is 30.6 Å². The quantitative estimate of drug-likeness (QED) is 0.941. The van der Waals surface area contributed by atoms with Crippen molar-refractivity contribution in [3.63, 3.8) is 0 Å². The van der Waals surface area contributed by atoms with E-state index >= 15 is 0 Å². The molecule has 0 bridgehead atoms. The molecular weight excluding hydrogens is 274 g/mol. The maximum absolute atomic E-state index is 4.39. The molecule has 0 saturated carbocycles. The number of fused-ring (bicyclic) bond motifs is 1. The number of hydrogen-bond acceptors (Lipinski definition) is 4. The molecule has 1 aliphatic rings. The van der Waals surface area contributed by atoms with Crippen LogP contribution in [-0.2, 0) is 13.1 Å². The van der Waals surface area contributed by atoms with Gasteiger partial charge in [-0.3, -0.25) is 0 Å². The molecule has 1 N–H and O–H groups in total. The summed E-state index contributed by atoms with van der Waals surface area (Å²) in [4.78, 5) is 6.75. The molecule has 0 radical (unpaired) electrons. The third-order valence-electron chi connectivity index (χ3n) is 3.41. The van der Waals surface area contributed by atoms with E-state index in [0.29, 0.717) is 0 Å². The third-order valence-corrected chi connectivity index (χ3v) is 3.41. The van der Waals surface area contributed by atoms with E-state index in [0.717, 1.165) is 38.4 Å². The average molecular weight is 294 g/mol. The van der Waals surface area contributed by atoms with Gasteiger partial charge in [0.1, 0.15) is 12.2 Å². The van der Waals surface area contributed by atoms with E-state index in [9.17, 15) is 0 Å². The number of benzene rings is 1. The summed E-state index contributed by atoms with van der Waals surface area (Å²) >= 11 is 0. The second-order valence-corrected chi connectivity index (χ2v) is 4.76. The minimum Gasteiger partial charge on any atom is -0.382 e. The number of nitrogens with zero attached hydrogens (tertiary/aromatic N) is 4. The molecule has 1 aliphatic heterocycles. The molecule has 6 heteroatoms. The van der Waals surface area contributed by atoms with Crippen molar-refractivity contribution in [2.75, 3.05) is 23.3 Å². The van der Waals surface area contributed by atoms with Crippen molar-refractivity contribution >= 4 is 23.8 Å².